The van der Waals surface area contributed by atoms with Crippen molar-refractivity contribution in [1.82, 2.24) is 25.0 Å². The summed E-state index contributed by atoms with van der Waals surface area (Å²) in [5.41, 5.74) is 0.593. The Labute approximate surface area is 162 Å². The minimum Gasteiger partial charge on any atom is -0.454 e. The van der Waals surface area contributed by atoms with Gasteiger partial charge in [-0.1, -0.05) is 18.2 Å². The Balaban J connectivity index is 1.72. The molecular formula is C20H23N5O3. The molecule has 0 unspecified atom stereocenters. The van der Waals surface area contributed by atoms with Crippen molar-refractivity contribution in [1.29, 1.82) is 0 Å². The molecule has 2 aromatic heterocycles. The van der Waals surface area contributed by atoms with Gasteiger partial charge in [0.05, 0.1) is 5.69 Å². The van der Waals surface area contributed by atoms with Crippen molar-refractivity contribution >= 4 is 5.91 Å². The molecule has 3 heterocycles. The zero-order chi connectivity index (χ0) is 19.5. The summed E-state index contributed by atoms with van der Waals surface area (Å²) in [6.45, 7) is 2.00. The summed E-state index contributed by atoms with van der Waals surface area (Å²) < 4.78 is 8.67. The molecule has 3 aromatic rings. The third-order valence-electron chi connectivity index (χ3n) is 5.00. The van der Waals surface area contributed by atoms with Crippen LogP contribution in [0.25, 0.3) is 5.69 Å². The summed E-state index contributed by atoms with van der Waals surface area (Å²) in [6, 6.07) is 12.9. The monoisotopic (exact) mass is 381 g/mol. The molecule has 146 valence electrons. The predicted octanol–water partition coefficient (Wildman–Crippen LogP) is 1.50. The number of hydrogen-bond donors (Lipinski definition) is 2. The van der Waals surface area contributed by atoms with E-state index >= 15 is 0 Å². The molecule has 28 heavy (non-hydrogen) atoms. The number of nitrogens with one attached hydrogen (secondary N) is 2. The number of piperidine rings is 1. The van der Waals surface area contributed by atoms with Crippen LogP contribution in [0, 0.1) is 0 Å². The van der Waals surface area contributed by atoms with Gasteiger partial charge in [-0.25, -0.2) is 14.0 Å². The smallest absolute Gasteiger partial charge is 0.351 e. The lowest BCUT2D eigenvalue weighted by molar-refractivity contribution is 0.0933. The first-order chi connectivity index (χ1) is 13.7. The number of furan rings is 1. The van der Waals surface area contributed by atoms with Crippen LogP contribution in [0.3, 0.4) is 0 Å². The first-order valence-electron chi connectivity index (χ1n) is 9.44. The van der Waals surface area contributed by atoms with Crippen LogP contribution in [-0.2, 0) is 6.54 Å². The number of benzene rings is 1. The van der Waals surface area contributed by atoms with Crippen LogP contribution in [0.2, 0.25) is 0 Å². The van der Waals surface area contributed by atoms with E-state index in [0.29, 0.717) is 5.76 Å². The number of para-hydroxylation sites is 1. The maximum Gasteiger partial charge on any atom is 0.351 e. The van der Waals surface area contributed by atoms with Crippen molar-refractivity contribution < 1.29 is 9.21 Å². The van der Waals surface area contributed by atoms with E-state index in [1.54, 1.807) is 23.7 Å². The Morgan fingerprint density at radius 3 is 2.68 bits per heavy atom. The average Bonchev–Trinajstić information content (AvgIpc) is 3.34. The van der Waals surface area contributed by atoms with Gasteiger partial charge in [0.15, 0.2) is 5.76 Å². The summed E-state index contributed by atoms with van der Waals surface area (Å²) in [5.74, 6) is 1.41. The van der Waals surface area contributed by atoms with E-state index in [1.807, 2.05) is 30.3 Å². The van der Waals surface area contributed by atoms with E-state index < -0.39 is 0 Å². The summed E-state index contributed by atoms with van der Waals surface area (Å²) >= 11 is 0. The SMILES string of the molecule is CNC(=O)c1ccc(Cn2nc(C3CCNCC3)n(-c3ccccc3)c2=O)o1. The number of rotatable bonds is 5. The number of carbonyl (C=O) groups is 1. The van der Waals surface area contributed by atoms with Crippen molar-refractivity contribution in [2.75, 3.05) is 20.1 Å². The fraction of sp³-hybridized carbons (Fsp3) is 0.350. The Morgan fingerprint density at radius 2 is 1.96 bits per heavy atom. The number of hydrogen-bond acceptors (Lipinski definition) is 5. The molecule has 1 fully saturated rings. The Bertz CT molecular complexity index is 1010. The largest absolute Gasteiger partial charge is 0.454 e. The zero-order valence-electron chi connectivity index (χ0n) is 15.7. The minimum absolute atomic E-state index is 0.174. The van der Waals surface area contributed by atoms with Crippen molar-refractivity contribution in [3.8, 4) is 5.69 Å². The highest BCUT2D eigenvalue weighted by molar-refractivity contribution is 5.91. The van der Waals surface area contributed by atoms with Crippen LogP contribution in [0.15, 0.2) is 51.7 Å². The molecule has 8 nitrogen and oxygen atoms in total. The first kappa shape index (κ1) is 18.2. The molecule has 1 aliphatic rings. The van der Waals surface area contributed by atoms with E-state index in [4.69, 9.17) is 4.42 Å². The molecule has 0 spiro atoms. The lowest BCUT2D eigenvalue weighted by Gasteiger charge is -2.22. The van der Waals surface area contributed by atoms with Crippen LogP contribution >= 0.6 is 0 Å². The van der Waals surface area contributed by atoms with Crippen molar-refractivity contribution in [2.45, 2.75) is 25.3 Å². The van der Waals surface area contributed by atoms with Gasteiger partial charge < -0.3 is 15.1 Å². The topological polar surface area (TPSA) is 94.1 Å². The van der Waals surface area contributed by atoms with Crippen LogP contribution in [-0.4, -0.2) is 40.4 Å². The maximum absolute atomic E-state index is 13.2. The summed E-state index contributed by atoms with van der Waals surface area (Å²) in [6.07, 6.45) is 1.87. The standard InChI is InChI=1S/C20H23N5O3/c1-21-19(26)17-8-7-16(28-17)13-24-20(27)25(15-5-3-2-4-6-15)18(23-24)14-9-11-22-12-10-14/h2-8,14,22H,9-13H2,1H3,(H,21,26). The molecule has 0 bridgehead atoms. The fourth-order valence-corrected chi connectivity index (χ4v) is 3.55. The second-order valence-electron chi connectivity index (χ2n) is 6.84. The van der Waals surface area contributed by atoms with Gasteiger partial charge in [-0.3, -0.25) is 4.79 Å². The highest BCUT2D eigenvalue weighted by Crippen LogP contribution is 2.25. The van der Waals surface area contributed by atoms with Crippen LogP contribution in [0.5, 0.6) is 0 Å². The van der Waals surface area contributed by atoms with E-state index in [2.05, 4.69) is 15.7 Å². The van der Waals surface area contributed by atoms with E-state index in [9.17, 15) is 9.59 Å². The fourth-order valence-electron chi connectivity index (χ4n) is 3.55. The van der Waals surface area contributed by atoms with Gasteiger partial charge in [0.1, 0.15) is 18.1 Å². The molecule has 0 radical (unpaired) electrons. The lowest BCUT2D eigenvalue weighted by Crippen LogP contribution is -2.29. The number of aromatic nitrogens is 3. The third kappa shape index (κ3) is 3.50. The molecule has 0 saturated carbocycles. The Morgan fingerprint density at radius 1 is 1.21 bits per heavy atom. The molecule has 4 rings (SSSR count). The van der Waals surface area contributed by atoms with E-state index in [1.165, 1.54) is 4.68 Å². The molecule has 1 saturated heterocycles. The summed E-state index contributed by atoms with van der Waals surface area (Å²) in [5, 5.41) is 10.5. The summed E-state index contributed by atoms with van der Waals surface area (Å²) in [4.78, 5) is 24.9. The highest BCUT2D eigenvalue weighted by Gasteiger charge is 2.25. The van der Waals surface area contributed by atoms with Crippen LogP contribution in [0.1, 0.15) is 40.9 Å². The van der Waals surface area contributed by atoms with Gasteiger partial charge in [0, 0.05) is 13.0 Å². The summed E-state index contributed by atoms with van der Waals surface area (Å²) in [7, 11) is 1.54. The Hall–Kier alpha value is -3.13. The number of amides is 1. The highest BCUT2D eigenvalue weighted by atomic mass is 16.4. The molecule has 0 atom stereocenters. The second kappa shape index (κ2) is 7.85. The normalized spacial score (nSPS) is 14.9. The molecule has 1 aromatic carbocycles. The van der Waals surface area contributed by atoms with Gasteiger partial charge in [-0.15, -0.1) is 0 Å². The van der Waals surface area contributed by atoms with Gasteiger partial charge in [0.25, 0.3) is 5.91 Å². The molecule has 2 N–H and O–H groups in total. The number of nitrogens with zero attached hydrogens (tertiary/aromatic N) is 3. The van der Waals surface area contributed by atoms with Gasteiger partial charge in [0.2, 0.25) is 0 Å². The van der Waals surface area contributed by atoms with Crippen molar-refractivity contribution in [3.63, 3.8) is 0 Å². The quantitative estimate of drug-likeness (QED) is 0.699. The molecule has 8 heteroatoms. The predicted molar refractivity (Wildman–Crippen MR) is 104 cm³/mol. The van der Waals surface area contributed by atoms with Gasteiger partial charge >= 0.3 is 5.69 Å². The molecule has 1 amide bonds. The van der Waals surface area contributed by atoms with Crippen LogP contribution < -0.4 is 16.3 Å². The Kier molecular flexibility index (Phi) is 5.12. The lowest BCUT2D eigenvalue weighted by atomic mass is 9.97. The van der Waals surface area contributed by atoms with E-state index in [-0.39, 0.29) is 29.8 Å². The average molecular weight is 381 g/mol. The van der Waals surface area contributed by atoms with E-state index in [0.717, 1.165) is 37.4 Å². The molecular weight excluding hydrogens is 358 g/mol. The van der Waals surface area contributed by atoms with Crippen LogP contribution in [0.4, 0.5) is 0 Å². The molecule has 0 aliphatic carbocycles. The van der Waals surface area contributed by atoms with Crippen molar-refractivity contribution in [2.24, 2.45) is 0 Å². The van der Waals surface area contributed by atoms with Gasteiger partial charge in [-0.05, 0) is 50.2 Å². The molecule has 1 aliphatic heterocycles. The second-order valence-corrected chi connectivity index (χ2v) is 6.84. The first-order valence-corrected chi connectivity index (χ1v) is 9.44. The third-order valence-corrected chi connectivity index (χ3v) is 5.00. The maximum atomic E-state index is 13.2. The number of carbonyl (C=O) groups excluding carboxylic acids is 1. The van der Waals surface area contributed by atoms with Crippen molar-refractivity contribution in [3.05, 3.63) is 70.3 Å². The zero-order valence-corrected chi connectivity index (χ0v) is 15.7. The minimum atomic E-state index is -0.302. The van der Waals surface area contributed by atoms with Gasteiger partial charge in [-0.2, -0.15) is 5.10 Å².